The summed E-state index contributed by atoms with van der Waals surface area (Å²) >= 11 is 0. The van der Waals surface area contributed by atoms with Crippen molar-refractivity contribution in [2.45, 2.75) is 25.1 Å². The first-order valence-corrected chi connectivity index (χ1v) is 10.3. The van der Waals surface area contributed by atoms with E-state index in [4.69, 9.17) is 0 Å². The van der Waals surface area contributed by atoms with Gasteiger partial charge in [-0.15, -0.1) is 0 Å². The molecule has 0 aliphatic rings. The molecule has 7 nitrogen and oxygen atoms in total. The van der Waals surface area contributed by atoms with Gasteiger partial charge in [0.1, 0.15) is 29.9 Å². The third kappa shape index (κ3) is 3.56. The SMILES string of the molecule is C[C@@H](n1cnc2cc3ccccc3cc2c1=O)[C@](O)(Cn1cncn1)c1ccc(F)cc1F. The van der Waals surface area contributed by atoms with Crippen molar-refractivity contribution in [1.29, 1.82) is 0 Å². The molecule has 3 aromatic carbocycles. The quantitative estimate of drug-likeness (QED) is 0.417. The highest BCUT2D eigenvalue weighted by atomic mass is 19.1. The zero-order valence-corrected chi connectivity index (χ0v) is 17.6. The Bertz CT molecular complexity index is 1530. The molecular formula is C24H19F2N5O2. The number of rotatable bonds is 5. The van der Waals surface area contributed by atoms with Gasteiger partial charge in [0.15, 0.2) is 0 Å². The molecule has 1 N–H and O–H groups in total. The number of fused-ring (bicyclic) bond motifs is 2. The van der Waals surface area contributed by atoms with Crippen molar-refractivity contribution in [2.24, 2.45) is 0 Å². The Morgan fingerprint density at radius 2 is 1.82 bits per heavy atom. The van der Waals surface area contributed by atoms with Gasteiger partial charge in [0, 0.05) is 11.6 Å². The minimum atomic E-state index is -1.97. The molecule has 0 aliphatic carbocycles. The smallest absolute Gasteiger partial charge is 0.261 e. The number of hydrogen-bond donors (Lipinski definition) is 1. The second kappa shape index (κ2) is 7.86. The number of aromatic nitrogens is 5. The third-order valence-electron chi connectivity index (χ3n) is 6.03. The predicted molar refractivity (Wildman–Crippen MR) is 118 cm³/mol. The van der Waals surface area contributed by atoms with Gasteiger partial charge in [0.25, 0.3) is 5.56 Å². The summed E-state index contributed by atoms with van der Waals surface area (Å²) in [6, 6.07) is 13.1. The number of nitrogens with zero attached hydrogens (tertiary/aromatic N) is 5. The molecule has 5 rings (SSSR count). The summed E-state index contributed by atoms with van der Waals surface area (Å²) in [6.45, 7) is 1.36. The van der Waals surface area contributed by atoms with Crippen LogP contribution in [0.1, 0.15) is 18.5 Å². The standard InChI is InChI=1S/C24H19F2N5O2/c1-15(24(33,11-30-13-27-12-29-30)20-7-6-18(25)10-21(20)26)31-14-28-22-9-17-5-3-2-4-16(17)8-19(22)23(31)32/h2-10,12-15,33H,11H2,1H3/t15-,24-/m1/s1. The van der Waals surface area contributed by atoms with Gasteiger partial charge in [-0.2, -0.15) is 5.10 Å². The number of hydrogen-bond acceptors (Lipinski definition) is 5. The van der Waals surface area contributed by atoms with Crippen LogP contribution in [-0.2, 0) is 12.1 Å². The minimum absolute atomic E-state index is 0.169. The summed E-state index contributed by atoms with van der Waals surface area (Å²) in [5.41, 5.74) is -2.02. The Hall–Kier alpha value is -3.98. The molecule has 0 spiro atoms. The summed E-state index contributed by atoms with van der Waals surface area (Å²) in [6.07, 6.45) is 3.98. The lowest BCUT2D eigenvalue weighted by molar-refractivity contribution is -0.0343. The van der Waals surface area contributed by atoms with Crippen molar-refractivity contribution in [1.82, 2.24) is 24.3 Å². The summed E-state index contributed by atoms with van der Waals surface area (Å²) in [5, 5.41) is 18.0. The van der Waals surface area contributed by atoms with Gasteiger partial charge in [-0.05, 0) is 35.9 Å². The summed E-state index contributed by atoms with van der Waals surface area (Å²) in [4.78, 5) is 21.7. The first kappa shape index (κ1) is 20.9. The second-order valence-corrected chi connectivity index (χ2v) is 7.99. The topological polar surface area (TPSA) is 85.8 Å². The fourth-order valence-electron chi connectivity index (χ4n) is 4.17. The highest BCUT2D eigenvalue weighted by molar-refractivity contribution is 5.95. The molecule has 2 aromatic heterocycles. The summed E-state index contributed by atoms with van der Waals surface area (Å²) < 4.78 is 31.0. The average molecular weight is 447 g/mol. The van der Waals surface area contributed by atoms with E-state index in [1.54, 1.807) is 13.0 Å². The Kier molecular flexibility index (Phi) is 4.98. The van der Waals surface area contributed by atoms with Crippen molar-refractivity contribution >= 4 is 21.7 Å². The van der Waals surface area contributed by atoms with Gasteiger partial charge >= 0.3 is 0 Å². The van der Waals surface area contributed by atoms with Gasteiger partial charge in [-0.25, -0.2) is 23.4 Å². The zero-order valence-electron chi connectivity index (χ0n) is 17.6. The lowest BCUT2D eigenvalue weighted by atomic mass is 9.86. The van der Waals surface area contributed by atoms with E-state index in [9.17, 15) is 18.7 Å². The van der Waals surface area contributed by atoms with Crippen LogP contribution in [0, 0.1) is 11.6 Å². The van der Waals surface area contributed by atoms with Crippen LogP contribution in [0.4, 0.5) is 8.78 Å². The summed E-state index contributed by atoms with van der Waals surface area (Å²) in [5.74, 6) is -1.71. The molecule has 0 amide bonds. The first-order valence-electron chi connectivity index (χ1n) is 10.3. The van der Waals surface area contributed by atoms with E-state index in [0.717, 1.165) is 16.8 Å². The van der Waals surface area contributed by atoms with Gasteiger partial charge in [0.05, 0.1) is 29.8 Å². The number of halogens is 2. The van der Waals surface area contributed by atoms with Crippen LogP contribution in [0.5, 0.6) is 0 Å². The van der Waals surface area contributed by atoms with Gasteiger partial charge in [-0.1, -0.05) is 30.3 Å². The molecule has 0 fully saturated rings. The molecule has 9 heteroatoms. The van der Waals surface area contributed by atoms with Gasteiger partial charge in [-0.3, -0.25) is 9.36 Å². The monoisotopic (exact) mass is 447 g/mol. The Labute approximate surface area is 186 Å². The highest BCUT2D eigenvalue weighted by Crippen LogP contribution is 2.36. The lowest BCUT2D eigenvalue weighted by Crippen LogP contribution is -2.43. The van der Waals surface area contributed by atoms with Crippen molar-refractivity contribution in [3.63, 3.8) is 0 Å². The molecule has 2 heterocycles. The van der Waals surface area contributed by atoms with E-state index >= 15 is 0 Å². The van der Waals surface area contributed by atoms with Crippen molar-refractivity contribution in [3.05, 3.63) is 101 Å². The minimum Gasteiger partial charge on any atom is -0.381 e. The highest BCUT2D eigenvalue weighted by Gasteiger charge is 2.41. The Morgan fingerprint density at radius 1 is 1.06 bits per heavy atom. The Morgan fingerprint density at radius 3 is 2.52 bits per heavy atom. The zero-order chi connectivity index (χ0) is 23.2. The van der Waals surface area contributed by atoms with Crippen LogP contribution < -0.4 is 5.56 Å². The fourth-order valence-corrected chi connectivity index (χ4v) is 4.17. The molecule has 0 saturated carbocycles. The second-order valence-electron chi connectivity index (χ2n) is 7.99. The molecule has 2 atom stereocenters. The van der Waals surface area contributed by atoms with Crippen LogP contribution in [0.2, 0.25) is 0 Å². The summed E-state index contributed by atoms with van der Waals surface area (Å²) in [7, 11) is 0. The van der Waals surface area contributed by atoms with E-state index in [1.807, 2.05) is 30.3 Å². The van der Waals surface area contributed by atoms with Crippen LogP contribution >= 0.6 is 0 Å². The first-order chi connectivity index (χ1) is 15.9. The predicted octanol–water partition coefficient (Wildman–Crippen LogP) is 3.57. The van der Waals surface area contributed by atoms with Crippen molar-refractivity contribution < 1.29 is 13.9 Å². The fraction of sp³-hybridized carbons (Fsp3) is 0.167. The molecule has 33 heavy (non-hydrogen) atoms. The molecule has 0 bridgehead atoms. The van der Waals surface area contributed by atoms with E-state index in [2.05, 4.69) is 15.1 Å². The average Bonchev–Trinajstić information content (AvgIpc) is 3.30. The normalized spacial score (nSPS) is 14.4. The molecular weight excluding hydrogens is 428 g/mol. The van der Waals surface area contributed by atoms with Crippen LogP contribution in [0.3, 0.4) is 0 Å². The van der Waals surface area contributed by atoms with E-state index in [0.29, 0.717) is 17.0 Å². The molecule has 0 aliphatic heterocycles. The van der Waals surface area contributed by atoms with Crippen LogP contribution in [-0.4, -0.2) is 29.4 Å². The van der Waals surface area contributed by atoms with Gasteiger partial charge in [0.2, 0.25) is 0 Å². The van der Waals surface area contributed by atoms with E-state index < -0.39 is 28.8 Å². The van der Waals surface area contributed by atoms with Crippen molar-refractivity contribution in [2.75, 3.05) is 0 Å². The maximum atomic E-state index is 14.8. The lowest BCUT2D eigenvalue weighted by Gasteiger charge is -2.35. The maximum absolute atomic E-state index is 14.8. The Balaban J connectivity index is 1.69. The van der Waals surface area contributed by atoms with E-state index in [-0.39, 0.29) is 12.1 Å². The maximum Gasteiger partial charge on any atom is 0.261 e. The molecule has 0 radical (unpaired) electrons. The molecule has 0 saturated heterocycles. The molecule has 0 unspecified atom stereocenters. The largest absolute Gasteiger partial charge is 0.381 e. The van der Waals surface area contributed by atoms with Gasteiger partial charge < -0.3 is 5.11 Å². The molecule has 5 aromatic rings. The van der Waals surface area contributed by atoms with Crippen molar-refractivity contribution in [3.8, 4) is 0 Å². The van der Waals surface area contributed by atoms with E-state index in [1.165, 1.54) is 34.3 Å². The molecule has 166 valence electrons. The number of aliphatic hydroxyl groups is 1. The number of benzene rings is 3. The third-order valence-corrected chi connectivity index (χ3v) is 6.03. The van der Waals surface area contributed by atoms with Crippen LogP contribution in [0.25, 0.3) is 21.7 Å². The van der Waals surface area contributed by atoms with Crippen LogP contribution in [0.15, 0.2) is 78.4 Å².